The van der Waals surface area contributed by atoms with E-state index < -0.39 is 12.2 Å². The molecule has 1 atom stereocenters. The highest BCUT2D eigenvalue weighted by Crippen LogP contribution is 2.46. The lowest BCUT2D eigenvalue weighted by atomic mass is 10.1. The summed E-state index contributed by atoms with van der Waals surface area (Å²) < 4.78 is 23.8. The number of ether oxygens (including phenoxy) is 4. The fourth-order valence-electron chi connectivity index (χ4n) is 4.45. The highest BCUT2D eigenvalue weighted by molar-refractivity contribution is 7.22. The van der Waals surface area contributed by atoms with E-state index in [-0.39, 0.29) is 13.2 Å². The second-order valence-electron chi connectivity index (χ2n) is 9.34. The Morgan fingerprint density at radius 3 is 2.77 bits per heavy atom. The highest BCUT2D eigenvalue weighted by atomic mass is 32.1. The number of methoxy groups -OCH3 is 1. The summed E-state index contributed by atoms with van der Waals surface area (Å²) in [6, 6.07) is 7.76. The van der Waals surface area contributed by atoms with Gasteiger partial charge in [0.1, 0.15) is 22.9 Å². The van der Waals surface area contributed by atoms with Crippen LogP contribution in [0.5, 0.6) is 17.4 Å². The molecule has 1 unspecified atom stereocenters. The molecule has 0 saturated heterocycles. The van der Waals surface area contributed by atoms with Gasteiger partial charge >= 0.3 is 6.09 Å². The van der Waals surface area contributed by atoms with Crippen molar-refractivity contribution in [1.29, 1.82) is 0 Å². The molecule has 4 heterocycles. The van der Waals surface area contributed by atoms with Crippen molar-refractivity contribution in [2.75, 3.05) is 25.6 Å². The zero-order valence-electron chi connectivity index (χ0n) is 21.8. The Kier molecular flexibility index (Phi) is 6.35. The molecule has 0 radical (unpaired) electrons. The molecule has 0 fully saturated rings. The number of amides is 1. The Hall–Kier alpha value is -4.51. The van der Waals surface area contributed by atoms with Crippen molar-refractivity contribution < 1.29 is 23.7 Å². The molecule has 198 valence electrons. The monoisotopic (exact) mass is 543 g/mol. The molecule has 6 rings (SSSR count). The van der Waals surface area contributed by atoms with Gasteiger partial charge in [0.2, 0.25) is 5.88 Å². The zero-order chi connectivity index (χ0) is 27.1. The molecule has 0 bridgehead atoms. The molecule has 0 spiro atoms. The minimum atomic E-state index is -0.582. The SMILES string of the molecule is COc1cnc2c(-c3nc4c(C)cc5c(c4s3)OCC(COC(=O)Nc3cncc(C)c3)O5)cc(C)cc2n1. The standard InChI is InChI=1S/C28H25N5O5S/c1-14-6-19(24-20(7-14)32-22(35-4)11-30-24)27-33-23-16(3)8-21-25(26(23)39-27)36-12-18(38-21)13-37-28(34)31-17-5-15(2)9-29-10-17/h5-11,18H,12-13H2,1-4H3,(H,31,34). The van der Waals surface area contributed by atoms with Gasteiger partial charge in [-0.3, -0.25) is 10.3 Å². The van der Waals surface area contributed by atoms with Gasteiger partial charge in [-0.2, -0.15) is 0 Å². The first-order valence-corrected chi connectivity index (χ1v) is 13.1. The van der Waals surface area contributed by atoms with E-state index in [2.05, 4.69) is 26.3 Å². The van der Waals surface area contributed by atoms with Gasteiger partial charge in [0, 0.05) is 11.8 Å². The Morgan fingerprint density at radius 2 is 1.95 bits per heavy atom. The third kappa shape index (κ3) is 4.88. The third-order valence-electron chi connectivity index (χ3n) is 6.22. The van der Waals surface area contributed by atoms with Gasteiger partial charge in [-0.25, -0.2) is 19.7 Å². The average molecular weight is 544 g/mol. The molecule has 1 amide bonds. The number of hydrogen-bond acceptors (Lipinski definition) is 10. The molecular weight excluding hydrogens is 518 g/mol. The van der Waals surface area contributed by atoms with Crippen LogP contribution < -0.4 is 19.5 Å². The predicted molar refractivity (Wildman–Crippen MR) is 148 cm³/mol. The predicted octanol–water partition coefficient (Wildman–Crippen LogP) is 5.62. The van der Waals surface area contributed by atoms with Crippen molar-refractivity contribution in [3.8, 4) is 28.0 Å². The molecule has 1 N–H and O–H groups in total. The minimum absolute atomic E-state index is 0.0347. The average Bonchev–Trinajstić information content (AvgIpc) is 3.37. The van der Waals surface area contributed by atoms with E-state index in [9.17, 15) is 4.79 Å². The van der Waals surface area contributed by atoms with Crippen molar-refractivity contribution in [3.63, 3.8) is 0 Å². The van der Waals surface area contributed by atoms with E-state index in [1.54, 1.807) is 25.7 Å². The lowest BCUT2D eigenvalue weighted by Gasteiger charge is -2.26. The Balaban J connectivity index is 1.24. The summed E-state index contributed by atoms with van der Waals surface area (Å²) in [4.78, 5) is 30.4. The van der Waals surface area contributed by atoms with Gasteiger partial charge in [-0.15, -0.1) is 11.3 Å². The van der Waals surface area contributed by atoms with Gasteiger partial charge in [0.05, 0.1) is 41.7 Å². The molecule has 11 heteroatoms. The fourth-order valence-corrected chi connectivity index (χ4v) is 5.60. The maximum absolute atomic E-state index is 12.3. The van der Waals surface area contributed by atoms with Crippen LogP contribution in [0.2, 0.25) is 0 Å². The Bertz CT molecular complexity index is 1740. The number of carbonyl (C=O) groups is 1. The summed E-state index contributed by atoms with van der Waals surface area (Å²) in [6.45, 7) is 6.16. The Morgan fingerprint density at radius 1 is 1.08 bits per heavy atom. The number of nitrogens with zero attached hydrogens (tertiary/aromatic N) is 4. The van der Waals surface area contributed by atoms with Crippen LogP contribution in [0.1, 0.15) is 16.7 Å². The maximum Gasteiger partial charge on any atom is 0.411 e. The quantitative estimate of drug-likeness (QED) is 0.301. The number of rotatable bonds is 5. The second kappa shape index (κ2) is 9.99. The number of pyridine rings is 1. The fraction of sp³-hybridized carbons (Fsp3) is 0.250. The Labute approximate surface area is 228 Å². The number of anilines is 1. The summed E-state index contributed by atoms with van der Waals surface area (Å²) in [5.41, 5.74) is 6.73. The number of carbonyl (C=O) groups excluding carboxylic acids is 1. The molecule has 1 aliphatic heterocycles. The first kappa shape index (κ1) is 24.8. The summed E-state index contributed by atoms with van der Waals surface area (Å²) in [7, 11) is 1.57. The van der Waals surface area contributed by atoms with Crippen LogP contribution in [0, 0.1) is 20.8 Å². The molecule has 39 heavy (non-hydrogen) atoms. The molecule has 3 aromatic heterocycles. The number of aromatic nitrogens is 4. The first-order valence-electron chi connectivity index (χ1n) is 12.3. The van der Waals surface area contributed by atoms with Crippen LogP contribution in [0.25, 0.3) is 31.8 Å². The lowest BCUT2D eigenvalue weighted by molar-refractivity contribution is 0.0383. The smallest absolute Gasteiger partial charge is 0.411 e. The number of fused-ring (bicyclic) bond motifs is 4. The van der Waals surface area contributed by atoms with Crippen LogP contribution in [0.3, 0.4) is 0 Å². The number of thiazole rings is 1. The van der Waals surface area contributed by atoms with Crippen LogP contribution in [-0.4, -0.2) is 52.5 Å². The van der Waals surface area contributed by atoms with E-state index in [0.29, 0.717) is 23.1 Å². The van der Waals surface area contributed by atoms with Crippen LogP contribution in [0.4, 0.5) is 10.5 Å². The number of aryl methyl sites for hydroxylation is 3. The van der Waals surface area contributed by atoms with E-state index >= 15 is 0 Å². The van der Waals surface area contributed by atoms with Crippen molar-refractivity contribution in [3.05, 3.63) is 59.5 Å². The lowest BCUT2D eigenvalue weighted by Crippen LogP contribution is -2.35. The van der Waals surface area contributed by atoms with Crippen LogP contribution in [-0.2, 0) is 4.74 Å². The highest BCUT2D eigenvalue weighted by Gasteiger charge is 2.27. The van der Waals surface area contributed by atoms with Crippen molar-refractivity contribution in [2.45, 2.75) is 26.9 Å². The van der Waals surface area contributed by atoms with E-state index in [4.69, 9.17) is 23.9 Å². The molecular formula is C28H25N5O5S. The topological polar surface area (TPSA) is 118 Å². The van der Waals surface area contributed by atoms with E-state index in [1.165, 1.54) is 11.3 Å². The summed E-state index contributed by atoms with van der Waals surface area (Å²) in [6.07, 6.45) is 3.85. The van der Waals surface area contributed by atoms with Crippen molar-refractivity contribution in [1.82, 2.24) is 19.9 Å². The van der Waals surface area contributed by atoms with Gasteiger partial charge in [-0.05, 0) is 61.7 Å². The normalized spacial score (nSPS) is 14.4. The van der Waals surface area contributed by atoms with E-state index in [0.717, 1.165) is 48.5 Å². The van der Waals surface area contributed by atoms with Gasteiger partial charge in [0.25, 0.3) is 0 Å². The minimum Gasteiger partial charge on any atom is -0.484 e. The second-order valence-corrected chi connectivity index (χ2v) is 10.3. The van der Waals surface area contributed by atoms with E-state index in [1.807, 2.05) is 39.0 Å². The van der Waals surface area contributed by atoms with Crippen LogP contribution >= 0.6 is 11.3 Å². The number of nitrogens with one attached hydrogen (secondary N) is 1. The first-order chi connectivity index (χ1) is 18.9. The molecule has 5 aromatic rings. The summed E-state index contributed by atoms with van der Waals surface area (Å²) in [5, 5.41) is 3.48. The molecule has 0 saturated carbocycles. The third-order valence-corrected chi connectivity index (χ3v) is 7.30. The number of hydrogen-bond donors (Lipinski definition) is 1. The maximum atomic E-state index is 12.3. The molecule has 1 aliphatic rings. The zero-order valence-corrected chi connectivity index (χ0v) is 22.6. The molecule has 2 aromatic carbocycles. The number of benzene rings is 2. The molecule has 0 aliphatic carbocycles. The summed E-state index contributed by atoms with van der Waals surface area (Å²) >= 11 is 1.52. The van der Waals surface area contributed by atoms with Crippen molar-refractivity contribution >= 4 is 44.4 Å². The van der Waals surface area contributed by atoms with Crippen molar-refractivity contribution in [2.24, 2.45) is 0 Å². The largest absolute Gasteiger partial charge is 0.484 e. The van der Waals surface area contributed by atoms with Gasteiger partial charge in [-0.1, -0.05) is 0 Å². The summed E-state index contributed by atoms with van der Waals surface area (Å²) in [5.74, 6) is 1.69. The van der Waals surface area contributed by atoms with Gasteiger partial charge < -0.3 is 18.9 Å². The molecule has 10 nitrogen and oxygen atoms in total. The van der Waals surface area contributed by atoms with Crippen LogP contribution in [0.15, 0.2) is 42.9 Å². The van der Waals surface area contributed by atoms with Gasteiger partial charge in [0.15, 0.2) is 17.6 Å².